The van der Waals surface area contributed by atoms with E-state index >= 15 is 0 Å². The van der Waals surface area contributed by atoms with Crippen LogP contribution in [0.3, 0.4) is 0 Å². The second kappa shape index (κ2) is 7.97. The van der Waals surface area contributed by atoms with E-state index in [0.29, 0.717) is 27.9 Å². The molecule has 28 heavy (non-hydrogen) atoms. The highest BCUT2D eigenvalue weighted by Crippen LogP contribution is 2.43. The number of nitrogens with zero attached hydrogens (tertiary/aromatic N) is 2. The number of methoxy groups -OCH3 is 2. The summed E-state index contributed by atoms with van der Waals surface area (Å²) < 4.78 is 12.1. The number of amides is 1. The van der Waals surface area contributed by atoms with E-state index in [4.69, 9.17) is 9.47 Å². The fourth-order valence-electron chi connectivity index (χ4n) is 3.20. The highest BCUT2D eigenvalue weighted by Gasteiger charge is 2.33. The smallest absolute Gasteiger partial charge is 0.279 e. The lowest BCUT2D eigenvalue weighted by Crippen LogP contribution is -2.33. The van der Waals surface area contributed by atoms with Gasteiger partial charge >= 0.3 is 0 Å². The van der Waals surface area contributed by atoms with Crippen molar-refractivity contribution in [3.05, 3.63) is 46.3 Å². The largest absolute Gasteiger partial charge is 0.502 e. The van der Waals surface area contributed by atoms with Gasteiger partial charge in [0, 0.05) is 25.1 Å². The molecule has 0 radical (unpaired) electrons. The minimum Gasteiger partial charge on any atom is -0.502 e. The van der Waals surface area contributed by atoms with Gasteiger partial charge in [-0.2, -0.15) is 4.98 Å². The number of aromatic hydroxyl groups is 1. The Kier molecular flexibility index (Phi) is 5.64. The standard InChI is InChI=1S/C19H21N3O5S/c1-5-6-28-19-21-18(25)15-11(9-14(23)20-17(15)22(19)2)10-7-12(26-3)16(24)13(8-10)27-4/h5,7-8,11,24H,1,6,9H2,2-4H3,(H,20,23)/t11-/m0/s1. The number of carbonyl (C=O) groups excluding carboxylic acids is 1. The van der Waals surface area contributed by atoms with Gasteiger partial charge in [-0.25, -0.2) is 0 Å². The van der Waals surface area contributed by atoms with Crippen LogP contribution < -0.4 is 20.3 Å². The third kappa shape index (κ3) is 3.45. The van der Waals surface area contributed by atoms with Gasteiger partial charge in [-0.15, -0.1) is 6.58 Å². The molecule has 0 fully saturated rings. The van der Waals surface area contributed by atoms with E-state index in [1.54, 1.807) is 29.8 Å². The molecule has 0 spiro atoms. The molecule has 0 bridgehead atoms. The number of ether oxygens (including phenoxy) is 2. The van der Waals surface area contributed by atoms with E-state index in [9.17, 15) is 14.7 Å². The first-order valence-corrected chi connectivity index (χ1v) is 9.49. The number of rotatable bonds is 6. The lowest BCUT2D eigenvalue weighted by atomic mass is 9.86. The maximum absolute atomic E-state index is 12.8. The number of fused-ring (bicyclic) bond motifs is 1. The third-order valence-corrected chi connectivity index (χ3v) is 5.56. The number of anilines is 1. The first-order valence-electron chi connectivity index (χ1n) is 8.50. The Balaban J connectivity index is 2.19. The number of carbonyl (C=O) groups is 1. The Bertz CT molecular complexity index is 977. The highest BCUT2D eigenvalue weighted by atomic mass is 32.2. The Morgan fingerprint density at radius 2 is 2.00 bits per heavy atom. The molecule has 9 heteroatoms. The average Bonchev–Trinajstić information content (AvgIpc) is 2.69. The van der Waals surface area contributed by atoms with Crippen molar-refractivity contribution >= 4 is 23.5 Å². The first kappa shape index (κ1) is 19.8. The summed E-state index contributed by atoms with van der Waals surface area (Å²) in [6, 6.07) is 3.20. The van der Waals surface area contributed by atoms with Crippen LogP contribution in [0.4, 0.5) is 5.82 Å². The lowest BCUT2D eigenvalue weighted by Gasteiger charge is -2.28. The number of hydrogen-bond acceptors (Lipinski definition) is 7. The van der Waals surface area contributed by atoms with E-state index in [-0.39, 0.29) is 29.6 Å². The summed E-state index contributed by atoms with van der Waals surface area (Å²) in [4.78, 5) is 29.4. The summed E-state index contributed by atoms with van der Waals surface area (Å²) in [5.41, 5.74) is 0.600. The summed E-state index contributed by atoms with van der Waals surface area (Å²) in [6.07, 6.45) is 1.78. The van der Waals surface area contributed by atoms with Crippen molar-refractivity contribution in [3.63, 3.8) is 0 Å². The van der Waals surface area contributed by atoms with Gasteiger partial charge in [0.2, 0.25) is 11.7 Å². The molecule has 1 aromatic carbocycles. The van der Waals surface area contributed by atoms with Crippen molar-refractivity contribution in [2.24, 2.45) is 7.05 Å². The fourth-order valence-corrected chi connectivity index (χ4v) is 3.90. The monoisotopic (exact) mass is 403 g/mol. The van der Waals surface area contributed by atoms with Crippen molar-refractivity contribution in [1.29, 1.82) is 0 Å². The van der Waals surface area contributed by atoms with E-state index in [2.05, 4.69) is 16.9 Å². The van der Waals surface area contributed by atoms with Crippen LogP contribution in [-0.2, 0) is 11.8 Å². The fraction of sp³-hybridized carbons (Fsp3) is 0.316. The Hall–Kier alpha value is -2.94. The number of phenols is 1. The zero-order valence-corrected chi connectivity index (χ0v) is 16.6. The summed E-state index contributed by atoms with van der Waals surface area (Å²) in [6.45, 7) is 3.67. The molecule has 1 aliphatic heterocycles. The van der Waals surface area contributed by atoms with Crippen molar-refractivity contribution in [2.75, 3.05) is 25.3 Å². The first-order chi connectivity index (χ1) is 13.4. The van der Waals surface area contributed by atoms with Crippen LogP contribution in [-0.4, -0.2) is 40.5 Å². The molecule has 0 saturated carbocycles. The number of benzene rings is 1. The zero-order chi connectivity index (χ0) is 20.4. The molecular formula is C19H21N3O5S. The SMILES string of the molecule is C=CCSc1nc(=O)c2c(n1C)NC(=O)C[C@H]2c1cc(OC)c(O)c(OC)c1. The average molecular weight is 403 g/mol. The molecule has 148 valence electrons. The lowest BCUT2D eigenvalue weighted by molar-refractivity contribution is -0.116. The van der Waals surface area contributed by atoms with Crippen LogP contribution in [0.5, 0.6) is 17.2 Å². The maximum atomic E-state index is 12.8. The molecular weight excluding hydrogens is 382 g/mol. The van der Waals surface area contributed by atoms with Gasteiger partial charge in [0.1, 0.15) is 5.82 Å². The number of thioether (sulfide) groups is 1. The van der Waals surface area contributed by atoms with E-state index in [1.165, 1.54) is 26.0 Å². The number of aromatic nitrogens is 2. The van der Waals surface area contributed by atoms with Crippen LogP contribution in [0.15, 0.2) is 34.7 Å². The molecule has 8 nitrogen and oxygen atoms in total. The Morgan fingerprint density at radius 1 is 1.36 bits per heavy atom. The van der Waals surface area contributed by atoms with Crippen molar-refractivity contribution in [1.82, 2.24) is 9.55 Å². The summed E-state index contributed by atoms with van der Waals surface area (Å²) in [7, 11) is 4.59. The third-order valence-electron chi connectivity index (χ3n) is 4.54. The molecule has 1 aliphatic rings. The van der Waals surface area contributed by atoms with Crippen LogP contribution in [0.1, 0.15) is 23.5 Å². The van der Waals surface area contributed by atoms with Gasteiger partial charge in [0.15, 0.2) is 16.7 Å². The van der Waals surface area contributed by atoms with E-state index < -0.39 is 11.5 Å². The Morgan fingerprint density at radius 3 is 2.57 bits per heavy atom. The number of phenolic OH excluding ortho intramolecular Hbond substituents is 1. The topological polar surface area (TPSA) is 103 Å². The van der Waals surface area contributed by atoms with Crippen molar-refractivity contribution in [3.8, 4) is 17.2 Å². The molecule has 0 aliphatic carbocycles. The summed E-state index contributed by atoms with van der Waals surface area (Å²) in [5.74, 6) is 0.495. The van der Waals surface area contributed by atoms with Gasteiger partial charge < -0.3 is 24.5 Å². The molecule has 1 amide bonds. The molecule has 1 aromatic heterocycles. The van der Waals surface area contributed by atoms with E-state index in [0.717, 1.165) is 0 Å². The second-order valence-electron chi connectivity index (χ2n) is 6.20. The van der Waals surface area contributed by atoms with Gasteiger partial charge in [0.25, 0.3) is 5.56 Å². The predicted molar refractivity (Wildman–Crippen MR) is 107 cm³/mol. The summed E-state index contributed by atoms with van der Waals surface area (Å²) in [5, 5.41) is 13.4. The van der Waals surface area contributed by atoms with Crippen LogP contribution in [0.2, 0.25) is 0 Å². The minimum atomic E-state index is -0.545. The quantitative estimate of drug-likeness (QED) is 0.433. The summed E-state index contributed by atoms with van der Waals surface area (Å²) >= 11 is 1.36. The van der Waals surface area contributed by atoms with Gasteiger partial charge in [-0.05, 0) is 17.7 Å². The van der Waals surface area contributed by atoms with Gasteiger partial charge in [-0.1, -0.05) is 17.8 Å². The molecule has 3 rings (SSSR count). The van der Waals surface area contributed by atoms with Gasteiger partial charge in [0.05, 0.1) is 19.8 Å². The molecule has 1 atom stereocenters. The molecule has 0 unspecified atom stereocenters. The normalized spacial score (nSPS) is 15.5. The van der Waals surface area contributed by atoms with Crippen molar-refractivity contribution < 1.29 is 19.4 Å². The maximum Gasteiger partial charge on any atom is 0.279 e. The predicted octanol–water partition coefficient (Wildman–Crippen LogP) is 2.26. The van der Waals surface area contributed by atoms with Crippen LogP contribution in [0.25, 0.3) is 0 Å². The van der Waals surface area contributed by atoms with Crippen LogP contribution >= 0.6 is 11.8 Å². The molecule has 2 aromatic rings. The highest BCUT2D eigenvalue weighted by molar-refractivity contribution is 7.99. The number of nitrogens with one attached hydrogen (secondary N) is 1. The second-order valence-corrected chi connectivity index (χ2v) is 7.19. The van der Waals surface area contributed by atoms with Crippen LogP contribution in [0, 0.1) is 0 Å². The molecule has 2 N–H and O–H groups in total. The molecule has 2 heterocycles. The van der Waals surface area contributed by atoms with Gasteiger partial charge in [-0.3, -0.25) is 9.59 Å². The zero-order valence-electron chi connectivity index (χ0n) is 15.8. The number of hydrogen-bond donors (Lipinski definition) is 2. The van der Waals surface area contributed by atoms with Crippen molar-refractivity contribution in [2.45, 2.75) is 17.5 Å². The molecule has 0 saturated heterocycles. The van der Waals surface area contributed by atoms with E-state index in [1.807, 2.05) is 0 Å². The minimum absolute atomic E-state index is 0.0696. The Labute approximate surface area is 166 Å².